The van der Waals surface area contributed by atoms with Crippen LogP contribution < -0.4 is 15.6 Å². The Hall–Kier alpha value is -2.29. The number of piperidine rings is 1. The van der Waals surface area contributed by atoms with Gasteiger partial charge in [0.05, 0.1) is 11.3 Å². The molecule has 0 spiro atoms. The van der Waals surface area contributed by atoms with Crippen molar-refractivity contribution in [3.05, 3.63) is 59.4 Å². The molecule has 0 aliphatic carbocycles. The van der Waals surface area contributed by atoms with Gasteiger partial charge < -0.3 is 5.32 Å². The highest BCUT2D eigenvalue weighted by atomic mass is 32.2. The number of benzene rings is 2. The molecule has 3 N–H and O–H groups in total. The first-order valence-corrected chi connectivity index (χ1v) is 10.9. The SMILES string of the molecule is Cc1cc(-c2ccccc2)cc(C(=O)NNS(=O)(=O)CC2CCNCC2)c1F. The first-order valence-electron chi connectivity index (χ1n) is 9.22. The van der Waals surface area contributed by atoms with Crippen LogP contribution in [-0.2, 0) is 10.0 Å². The van der Waals surface area contributed by atoms with Crippen LogP contribution in [0.1, 0.15) is 28.8 Å². The molecule has 6 nitrogen and oxygen atoms in total. The van der Waals surface area contributed by atoms with Crippen molar-refractivity contribution in [2.24, 2.45) is 5.92 Å². The van der Waals surface area contributed by atoms with Gasteiger partial charge in [0.15, 0.2) is 0 Å². The molecule has 1 amide bonds. The first kappa shape index (κ1) is 20.4. The highest BCUT2D eigenvalue weighted by Crippen LogP contribution is 2.24. The molecular formula is C20H24FN3O3S. The third-order valence-electron chi connectivity index (χ3n) is 4.84. The monoisotopic (exact) mass is 405 g/mol. The third-order valence-corrected chi connectivity index (χ3v) is 6.16. The molecule has 0 radical (unpaired) electrons. The molecule has 1 heterocycles. The number of aryl methyl sites for hydroxylation is 1. The lowest BCUT2D eigenvalue weighted by molar-refractivity contribution is 0.0940. The minimum absolute atomic E-state index is 0.0380. The number of hydrogen-bond donors (Lipinski definition) is 3. The van der Waals surface area contributed by atoms with Gasteiger partial charge in [-0.05, 0) is 67.6 Å². The summed E-state index contributed by atoms with van der Waals surface area (Å²) in [7, 11) is -3.70. The lowest BCUT2D eigenvalue weighted by atomic mass is 9.99. The summed E-state index contributed by atoms with van der Waals surface area (Å²) in [6.07, 6.45) is 1.53. The number of sulfonamides is 1. The van der Waals surface area contributed by atoms with E-state index in [0.717, 1.165) is 31.5 Å². The number of amides is 1. The lowest BCUT2D eigenvalue weighted by Crippen LogP contribution is -2.45. The van der Waals surface area contributed by atoms with Crippen LogP contribution in [0.2, 0.25) is 0 Å². The fourth-order valence-corrected chi connectivity index (χ4v) is 4.61. The Kier molecular flexibility index (Phi) is 6.43. The Bertz CT molecular complexity index is 943. The van der Waals surface area contributed by atoms with E-state index in [9.17, 15) is 17.6 Å². The van der Waals surface area contributed by atoms with Crippen LogP contribution in [-0.4, -0.2) is 33.2 Å². The molecule has 3 rings (SSSR count). The number of carbonyl (C=O) groups is 1. The van der Waals surface area contributed by atoms with E-state index in [2.05, 4.69) is 15.6 Å². The minimum atomic E-state index is -3.70. The maximum absolute atomic E-state index is 14.5. The van der Waals surface area contributed by atoms with Crippen LogP contribution in [0.3, 0.4) is 0 Å². The highest BCUT2D eigenvalue weighted by molar-refractivity contribution is 7.89. The van der Waals surface area contributed by atoms with E-state index in [4.69, 9.17) is 0 Å². The van der Waals surface area contributed by atoms with E-state index in [0.29, 0.717) is 11.1 Å². The van der Waals surface area contributed by atoms with Crippen molar-refractivity contribution in [1.29, 1.82) is 0 Å². The van der Waals surface area contributed by atoms with Crippen LogP contribution in [0, 0.1) is 18.7 Å². The largest absolute Gasteiger partial charge is 0.317 e. The summed E-state index contributed by atoms with van der Waals surface area (Å²) in [5, 5.41) is 3.18. The molecule has 150 valence electrons. The highest BCUT2D eigenvalue weighted by Gasteiger charge is 2.23. The van der Waals surface area contributed by atoms with E-state index in [1.807, 2.05) is 30.3 Å². The van der Waals surface area contributed by atoms with Crippen molar-refractivity contribution >= 4 is 15.9 Å². The molecule has 0 unspecified atom stereocenters. The predicted octanol–water partition coefficient (Wildman–Crippen LogP) is 2.36. The van der Waals surface area contributed by atoms with Crippen LogP contribution in [0.4, 0.5) is 4.39 Å². The van der Waals surface area contributed by atoms with Gasteiger partial charge in [-0.25, -0.2) is 12.8 Å². The number of nitrogens with one attached hydrogen (secondary N) is 3. The zero-order valence-corrected chi connectivity index (χ0v) is 16.5. The second-order valence-electron chi connectivity index (χ2n) is 7.05. The summed E-state index contributed by atoms with van der Waals surface area (Å²) in [5.74, 6) is -1.53. The molecule has 28 heavy (non-hydrogen) atoms. The molecule has 1 saturated heterocycles. The topological polar surface area (TPSA) is 87.3 Å². The normalized spacial score (nSPS) is 15.4. The Morgan fingerprint density at radius 1 is 1.14 bits per heavy atom. The predicted molar refractivity (Wildman–Crippen MR) is 107 cm³/mol. The standard InChI is InChI=1S/C20H24FN3O3S/c1-14-11-17(16-5-3-2-4-6-16)12-18(19(14)21)20(25)23-24-28(26,27)13-15-7-9-22-10-8-15/h2-6,11-12,15,22,24H,7-10,13H2,1H3,(H,23,25). The van der Waals surface area contributed by atoms with E-state index in [1.165, 1.54) is 6.07 Å². The molecule has 0 bridgehead atoms. The van der Waals surface area contributed by atoms with Crippen molar-refractivity contribution in [1.82, 2.24) is 15.6 Å². The Balaban J connectivity index is 1.72. The number of hydrazine groups is 1. The maximum atomic E-state index is 14.5. The van der Waals surface area contributed by atoms with Gasteiger partial charge in [-0.15, -0.1) is 4.83 Å². The Morgan fingerprint density at radius 2 is 1.82 bits per heavy atom. The van der Waals surface area contributed by atoms with E-state index in [1.54, 1.807) is 13.0 Å². The number of hydrogen-bond acceptors (Lipinski definition) is 4. The number of halogens is 1. The number of rotatable bonds is 6. The van der Waals surface area contributed by atoms with Crippen LogP contribution in [0.15, 0.2) is 42.5 Å². The zero-order valence-electron chi connectivity index (χ0n) is 15.7. The van der Waals surface area contributed by atoms with Gasteiger partial charge in [0.2, 0.25) is 10.0 Å². The van der Waals surface area contributed by atoms with Gasteiger partial charge in [-0.3, -0.25) is 10.2 Å². The summed E-state index contributed by atoms with van der Waals surface area (Å²) in [4.78, 5) is 14.5. The minimum Gasteiger partial charge on any atom is -0.317 e. The molecule has 1 aliphatic heterocycles. The number of carbonyl (C=O) groups excluding carboxylic acids is 1. The summed E-state index contributed by atoms with van der Waals surface area (Å²) < 4.78 is 39.0. The summed E-state index contributed by atoms with van der Waals surface area (Å²) in [6, 6.07) is 12.4. The van der Waals surface area contributed by atoms with Gasteiger partial charge in [0, 0.05) is 0 Å². The van der Waals surface area contributed by atoms with Crippen molar-refractivity contribution in [2.45, 2.75) is 19.8 Å². The van der Waals surface area contributed by atoms with Crippen molar-refractivity contribution in [2.75, 3.05) is 18.8 Å². The molecule has 1 fully saturated rings. The van der Waals surface area contributed by atoms with Gasteiger partial charge in [-0.1, -0.05) is 30.3 Å². The molecule has 0 atom stereocenters. The van der Waals surface area contributed by atoms with Crippen LogP contribution >= 0.6 is 0 Å². The maximum Gasteiger partial charge on any atom is 0.269 e. The summed E-state index contributed by atoms with van der Waals surface area (Å²) in [6.45, 7) is 3.13. The van der Waals surface area contributed by atoms with Crippen molar-refractivity contribution in [3.63, 3.8) is 0 Å². The van der Waals surface area contributed by atoms with Crippen molar-refractivity contribution in [3.8, 4) is 11.1 Å². The molecule has 1 aliphatic rings. The molecule has 8 heteroatoms. The van der Waals surface area contributed by atoms with Crippen molar-refractivity contribution < 1.29 is 17.6 Å². The second kappa shape index (κ2) is 8.81. The van der Waals surface area contributed by atoms with Crippen LogP contribution in [0.25, 0.3) is 11.1 Å². The first-order chi connectivity index (χ1) is 13.4. The lowest BCUT2D eigenvalue weighted by Gasteiger charge is -2.22. The third kappa shape index (κ3) is 5.15. The molecular weight excluding hydrogens is 381 g/mol. The zero-order chi connectivity index (χ0) is 20.1. The second-order valence-corrected chi connectivity index (χ2v) is 8.82. The van der Waals surface area contributed by atoms with Gasteiger partial charge >= 0.3 is 0 Å². The smallest absolute Gasteiger partial charge is 0.269 e. The molecule has 2 aromatic rings. The fraction of sp³-hybridized carbons (Fsp3) is 0.350. The average molecular weight is 405 g/mol. The quantitative estimate of drug-likeness (QED) is 0.644. The average Bonchev–Trinajstić information content (AvgIpc) is 2.69. The Morgan fingerprint density at radius 3 is 2.50 bits per heavy atom. The van der Waals surface area contributed by atoms with Crippen LogP contribution in [0.5, 0.6) is 0 Å². The van der Waals surface area contributed by atoms with E-state index >= 15 is 0 Å². The summed E-state index contributed by atoms with van der Waals surface area (Å²) in [5.41, 5.74) is 3.77. The summed E-state index contributed by atoms with van der Waals surface area (Å²) >= 11 is 0. The van der Waals surface area contributed by atoms with E-state index < -0.39 is 21.7 Å². The van der Waals surface area contributed by atoms with Gasteiger partial charge in [0.1, 0.15) is 5.82 Å². The van der Waals surface area contributed by atoms with E-state index in [-0.39, 0.29) is 17.2 Å². The van der Waals surface area contributed by atoms with Gasteiger partial charge in [0.25, 0.3) is 5.91 Å². The molecule has 0 aromatic heterocycles. The van der Waals surface area contributed by atoms with Gasteiger partial charge in [-0.2, -0.15) is 0 Å². The molecule has 2 aromatic carbocycles. The Labute approximate surface area is 164 Å². The fourth-order valence-electron chi connectivity index (χ4n) is 3.32. The molecule has 0 saturated carbocycles.